The van der Waals surface area contributed by atoms with E-state index in [0.29, 0.717) is 22.0 Å². The van der Waals surface area contributed by atoms with Gasteiger partial charge in [-0.05, 0) is 62.4 Å². The summed E-state index contributed by atoms with van der Waals surface area (Å²) in [6.07, 6.45) is 0. The molecule has 1 N–H and O–H groups in total. The van der Waals surface area contributed by atoms with E-state index in [1.165, 1.54) is 31.2 Å². The quantitative estimate of drug-likeness (QED) is 0.523. The van der Waals surface area contributed by atoms with Crippen molar-refractivity contribution in [2.75, 3.05) is 16.2 Å². The van der Waals surface area contributed by atoms with E-state index >= 15 is 0 Å². The number of sulfonamides is 1. The highest BCUT2D eigenvalue weighted by molar-refractivity contribution is 7.92. The first-order valence-corrected chi connectivity index (χ1v) is 11.2. The maximum absolute atomic E-state index is 13.3. The van der Waals surface area contributed by atoms with Gasteiger partial charge in [-0.1, -0.05) is 41.4 Å². The molecule has 0 bridgehead atoms. The Balaban J connectivity index is 1.92. The summed E-state index contributed by atoms with van der Waals surface area (Å²) < 4.78 is 27.7. The molecular formula is C23H21ClN2O4S. The maximum atomic E-state index is 13.3. The number of aryl methyl sites for hydroxylation is 1. The van der Waals surface area contributed by atoms with E-state index in [4.69, 9.17) is 11.6 Å². The van der Waals surface area contributed by atoms with Crippen LogP contribution in [0.1, 0.15) is 22.8 Å². The molecule has 31 heavy (non-hydrogen) atoms. The summed E-state index contributed by atoms with van der Waals surface area (Å²) in [4.78, 5) is 24.4. The van der Waals surface area contributed by atoms with Gasteiger partial charge in [-0.3, -0.25) is 13.9 Å². The van der Waals surface area contributed by atoms with E-state index in [2.05, 4.69) is 5.32 Å². The molecule has 1 amide bonds. The number of hydrogen-bond acceptors (Lipinski definition) is 4. The third-order valence-corrected chi connectivity index (χ3v) is 6.60. The van der Waals surface area contributed by atoms with Crippen LogP contribution in [0.4, 0.5) is 11.4 Å². The molecule has 0 radical (unpaired) electrons. The summed E-state index contributed by atoms with van der Waals surface area (Å²) in [7, 11) is -4.02. The topological polar surface area (TPSA) is 83.6 Å². The third-order valence-electron chi connectivity index (χ3n) is 4.56. The SMILES string of the molecule is CC(=O)c1cccc(NC(=O)CN(c2ccc(Cl)cc2)S(=O)(=O)c2ccc(C)cc2)c1. The first-order valence-electron chi connectivity index (χ1n) is 9.42. The van der Waals surface area contributed by atoms with Crippen molar-refractivity contribution in [3.8, 4) is 0 Å². The number of halogens is 1. The standard InChI is InChI=1S/C23H21ClN2O4S/c1-16-6-12-22(13-7-16)31(29,30)26(21-10-8-19(24)9-11-21)15-23(28)25-20-5-3-4-18(14-20)17(2)27/h3-14H,15H2,1-2H3,(H,25,28). The molecule has 0 unspecified atom stereocenters. The van der Waals surface area contributed by atoms with Gasteiger partial charge in [-0.15, -0.1) is 0 Å². The fraction of sp³-hybridized carbons (Fsp3) is 0.130. The van der Waals surface area contributed by atoms with Gasteiger partial charge in [0, 0.05) is 16.3 Å². The summed E-state index contributed by atoms with van der Waals surface area (Å²) in [6.45, 7) is 2.83. The van der Waals surface area contributed by atoms with Crippen LogP contribution in [0.3, 0.4) is 0 Å². The summed E-state index contributed by atoms with van der Waals surface area (Å²) in [5, 5.41) is 3.10. The molecular weight excluding hydrogens is 436 g/mol. The van der Waals surface area contributed by atoms with Gasteiger partial charge in [0.25, 0.3) is 10.0 Å². The molecule has 0 saturated heterocycles. The summed E-state index contributed by atoms with van der Waals surface area (Å²) in [5.41, 5.74) is 2.07. The van der Waals surface area contributed by atoms with Gasteiger partial charge in [0.05, 0.1) is 10.6 Å². The lowest BCUT2D eigenvalue weighted by Crippen LogP contribution is -2.38. The van der Waals surface area contributed by atoms with Crippen LogP contribution >= 0.6 is 11.6 Å². The van der Waals surface area contributed by atoms with E-state index in [-0.39, 0.29) is 10.7 Å². The maximum Gasteiger partial charge on any atom is 0.264 e. The number of carbonyl (C=O) groups excluding carboxylic acids is 2. The van der Waals surface area contributed by atoms with Gasteiger partial charge < -0.3 is 5.32 Å². The van der Waals surface area contributed by atoms with Crippen molar-refractivity contribution in [2.45, 2.75) is 18.7 Å². The van der Waals surface area contributed by atoms with Gasteiger partial charge in [-0.25, -0.2) is 8.42 Å². The average molecular weight is 457 g/mol. The van der Waals surface area contributed by atoms with Gasteiger partial charge in [0.1, 0.15) is 6.54 Å². The second-order valence-electron chi connectivity index (χ2n) is 6.99. The minimum atomic E-state index is -4.02. The Morgan fingerprint density at radius 1 is 0.968 bits per heavy atom. The van der Waals surface area contributed by atoms with Crippen LogP contribution < -0.4 is 9.62 Å². The molecule has 0 aliphatic rings. The minimum absolute atomic E-state index is 0.0689. The van der Waals surface area contributed by atoms with Gasteiger partial charge >= 0.3 is 0 Å². The molecule has 6 nitrogen and oxygen atoms in total. The third kappa shape index (κ3) is 5.51. The number of anilines is 2. The van der Waals surface area contributed by atoms with E-state index in [0.717, 1.165) is 9.87 Å². The molecule has 160 valence electrons. The highest BCUT2D eigenvalue weighted by Crippen LogP contribution is 2.25. The smallest absolute Gasteiger partial charge is 0.264 e. The van der Waals surface area contributed by atoms with E-state index < -0.39 is 22.5 Å². The Bertz CT molecular complexity index is 1210. The highest BCUT2D eigenvalue weighted by Gasteiger charge is 2.27. The van der Waals surface area contributed by atoms with E-state index in [1.807, 2.05) is 6.92 Å². The zero-order valence-electron chi connectivity index (χ0n) is 17.0. The number of nitrogens with one attached hydrogen (secondary N) is 1. The van der Waals surface area contributed by atoms with E-state index in [9.17, 15) is 18.0 Å². The first kappa shape index (κ1) is 22.5. The highest BCUT2D eigenvalue weighted by atomic mass is 35.5. The molecule has 8 heteroatoms. The fourth-order valence-electron chi connectivity index (χ4n) is 2.91. The number of Topliss-reactive ketones (excluding diaryl/α,β-unsaturated/α-hetero) is 1. The van der Waals surface area contributed by atoms with Crippen LogP contribution in [0.25, 0.3) is 0 Å². The average Bonchev–Trinajstić information content (AvgIpc) is 2.73. The predicted octanol–water partition coefficient (Wildman–Crippen LogP) is 4.69. The molecule has 0 saturated carbocycles. The number of hydrogen-bond donors (Lipinski definition) is 1. The van der Waals surface area contributed by atoms with Gasteiger partial charge in [-0.2, -0.15) is 0 Å². The summed E-state index contributed by atoms with van der Waals surface area (Å²) in [5.74, 6) is -0.688. The number of rotatable bonds is 7. The number of nitrogens with zero attached hydrogens (tertiary/aromatic N) is 1. The van der Waals surface area contributed by atoms with Crippen LogP contribution in [0.2, 0.25) is 5.02 Å². The lowest BCUT2D eigenvalue weighted by Gasteiger charge is -2.24. The summed E-state index contributed by atoms with van der Waals surface area (Å²) in [6, 6.07) is 19.0. The molecule has 3 aromatic rings. The Hall–Kier alpha value is -3.16. The summed E-state index contributed by atoms with van der Waals surface area (Å²) >= 11 is 5.94. The lowest BCUT2D eigenvalue weighted by atomic mass is 10.1. The molecule has 0 heterocycles. The molecule has 0 aromatic heterocycles. The van der Waals surface area contributed by atoms with Crippen molar-refractivity contribution in [1.29, 1.82) is 0 Å². The number of amides is 1. The fourth-order valence-corrected chi connectivity index (χ4v) is 4.45. The van der Waals surface area contributed by atoms with Crippen LogP contribution in [-0.4, -0.2) is 26.7 Å². The number of carbonyl (C=O) groups is 2. The zero-order chi connectivity index (χ0) is 22.6. The number of ketones is 1. The lowest BCUT2D eigenvalue weighted by molar-refractivity contribution is -0.114. The Labute approximate surface area is 186 Å². The van der Waals surface area contributed by atoms with Gasteiger partial charge in [0.15, 0.2) is 5.78 Å². The molecule has 0 fully saturated rings. The zero-order valence-corrected chi connectivity index (χ0v) is 18.6. The molecule has 0 spiro atoms. The van der Waals surface area contributed by atoms with Crippen LogP contribution in [-0.2, 0) is 14.8 Å². The van der Waals surface area contributed by atoms with Crippen LogP contribution in [0.5, 0.6) is 0 Å². The first-order chi connectivity index (χ1) is 14.7. The second-order valence-corrected chi connectivity index (χ2v) is 9.29. The second kappa shape index (κ2) is 9.32. The largest absolute Gasteiger partial charge is 0.324 e. The van der Waals surface area contributed by atoms with Crippen molar-refractivity contribution in [3.63, 3.8) is 0 Å². The Morgan fingerprint density at radius 3 is 2.23 bits per heavy atom. The minimum Gasteiger partial charge on any atom is -0.324 e. The molecule has 3 rings (SSSR count). The Kier molecular flexibility index (Phi) is 6.77. The molecule has 0 atom stereocenters. The molecule has 3 aromatic carbocycles. The normalized spacial score (nSPS) is 11.1. The molecule has 0 aliphatic heterocycles. The monoisotopic (exact) mass is 456 g/mol. The van der Waals surface area contributed by atoms with Crippen molar-refractivity contribution in [2.24, 2.45) is 0 Å². The predicted molar refractivity (Wildman–Crippen MR) is 122 cm³/mol. The van der Waals surface area contributed by atoms with Gasteiger partial charge in [0.2, 0.25) is 5.91 Å². The van der Waals surface area contributed by atoms with Crippen molar-refractivity contribution in [1.82, 2.24) is 0 Å². The van der Waals surface area contributed by atoms with Crippen LogP contribution in [0.15, 0.2) is 77.7 Å². The van der Waals surface area contributed by atoms with Crippen molar-refractivity contribution >= 4 is 44.7 Å². The number of benzene rings is 3. The van der Waals surface area contributed by atoms with Crippen molar-refractivity contribution < 1.29 is 18.0 Å². The molecule has 0 aliphatic carbocycles. The van der Waals surface area contributed by atoms with Crippen LogP contribution in [0, 0.1) is 6.92 Å². The van der Waals surface area contributed by atoms with E-state index in [1.54, 1.807) is 48.5 Å². The Morgan fingerprint density at radius 2 is 1.61 bits per heavy atom. The van der Waals surface area contributed by atoms with Crippen molar-refractivity contribution in [3.05, 3.63) is 88.9 Å².